The number of ketones is 1. The molecule has 30 heavy (non-hydrogen) atoms. The van der Waals surface area contributed by atoms with Crippen LogP contribution in [0.5, 0.6) is 11.5 Å². The Balaban J connectivity index is 1.58. The highest BCUT2D eigenvalue weighted by Gasteiger charge is 2.28. The Morgan fingerprint density at radius 2 is 1.80 bits per heavy atom. The lowest BCUT2D eigenvalue weighted by molar-refractivity contribution is 0.0962. The molecule has 154 valence electrons. The van der Waals surface area contributed by atoms with Crippen molar-refractivity contribution in [1.29, 1.82) is 0 Å². The average molecular weight is 403 g/mol. The minimum Gasteiger partial charge on any atom is -0.493 e. The summed E-state index contributed by atoms with van der Waals surface area (Å²) < 4.78 is 10.7. The average Bonchev–Trinajstić information content (AvgIpc) is 2.78. The molecule has 6 heteroatoms. The Labute approximate surface area is 176 Å². The first-order valence-corrected chi connectivity index (χ1v) is 10.1. The van der Waals surface area contributed by atoms with Gasteiger partial charge in [0.05, 0.1) is 25.5 Å². The smallest absolute Gasteiger partial charge is 0.227 e. The summed E-state index contributed by atoms with van der Waals surface area (Å²) in [5, 5.41) is 3.24. The number of nitrogens with one attached hydrogen (secondary N) is 1. The summed E-state index contributed by atoms with van der Waals surface area (Å²) in [5.41, 5.74) is 4.61. The summed E-state index contributed by atoms with van der Waals surface area (Å²) in [6, 6.07) is 14.0. The van der Waals surface area contributed by atoms with E-state index in [4.69, 9.17) is 9.47 Å². The standard InChI is InChI=1S/C24H25N3O3/c1-4-15-5-8-18(9-6-15)26-24-25-14-19-20(27-24)11-17(12-21(19)28)16-7-10-22(29-2)23(13-16)30-3/h5-10,13-14,17H,4,11-12H2,1-3H3,(H,25,26,27)/t17-/m0/s1. The van der Waals surface area contributed by atoms with E-state index in [0.717, 1.165) is 23.4 Å². The Morgan fingerprint density at radius 3 is 2.50 bits per heavy atom. The number of methoxy groups -OCH3 is 2. The zero-order valence-electron chi connectivity index (χ0n) is 17.4. The van der Waals surface area contributed by atoms with Crippen LogP contribution < -0.4 is 14.8 Å². The number of hydrogen-bond acceptors (Lipinski definition) is 6. The van der Waals surface area contributed by atoms with Gasteiger partial charge in [-0.05, 0) is 54.2 Å². The van der Waals surface area contributed by atoms with Gasteiger partial charge in [-0.15, -0.1) is 0 Å². The van der Waals surface area contributed by atoms with Crippen molar-refractivity contribution < 1.29 is 14.3 Å². The molecular formula is C24H25N3O3. The van der Waals surface area contributed by atoms with Crippen LogP contribution in [0.25, 0.3) is 0 Å². The van der Waals surface area contributed by atoms with Gasteiger partial charge < -0.3 is 14.8 Å². The number of nitrogens with zero attached hydrogens (tertiary/aromatic N) is 2. The highest BCUT2D eigenvalue weighted by Crippen LogP contribution is 2.36. The fraction of sp³-hybridized carbons (Fsp3) is 0.292. The molecule has 2 aromatic carbocycles. The molecule has 1 atom stereocenters. The maximum atomic E-state index is 12.7. The zero-order chi connectivity index (χ0) is 21.1. The Morgan fingerprint density at radius 1 is 1.03 bits per heavy atom. The molecule has 0 spiro atoms. The van der Waals surface area contributed by atoms with Crippen molar-refractivity contribution in [1.82, 2.24) is 9.97 Å². The maximum Gasteiger partial charge on any atom is 0.227 e. The number of aryl methyl sites for hydroxylation is 1. The molecule has 4 rings (SSSR count). The topological polar surface area (TPSA) is 73.3 Å². The molecular weight excluding hydrogens is 378 g/mol. The molecule has 0 bridgehead atoms. The number of anilines is 2. The van der Waals surface area contributed by atoms with Crippen LogP contribution in [0.1, 0.15) is 46.4 Å². The van der Waals surface area contributed by atoms with E-state index in [1.807, 2.05) is 30.3 Å². The molecule has 0 amide bonds. The van der Waals surface area contributed by atoms with E-state index in [0.29, 0.717) is 35.9 Å². The summed E-state index contributed by atoms with van der Waals surface area (Å²) in [4.78, 5) is 21.7. The molecule has 0 fully saturated rings. The summed E-state index contributed by atoms with van der Waals surface area (Å²) >= 11 is 0. The zero-order valence-corrected chi connectivity index (χ0v) is 17.4. The van der Waals surface area contributed by atoms with Gasteiger partial charge in [0, 0.05) is 18.3 Å². The molecule has 1 aromatic heterocycles. The molecule has 0 radical (unpaired) electrons. The van der Waals surface area contributed by atoms with Crippen molar-refractivity contribution in [3.05, 3.63) is 71.0 Å². The number of hydrogen-bond donors (Lipinski definition) is 1. The molecule has 0 aliphatic heterocycles. The number of ether oxygens (including phenoxy) is 2. The molecule has 3 aromatic rings. The van der Waals surface area contributed by atoms with E-state index in [-0.39, 0.29) is 11.7 Å². The number of benzene rings is 2. The van der Waals surface area contributed by atoms with Gasteiger partial charge in [0.1, 0.15) is 0 Å². The molecule has 1 aliphatic rings. The highest BCUT2D eigenvalue weighted by atomic mass is 16.5. The van der Waals surface area contributed by atoms with Crippen LogP contribution in [0.2, 0.25) is 0 Å². The highest BCUT2D eigenvalue weighted by molar-refractivity contribution is 5.98. The van der Waals surface area contributed by atoms with Crippen molar-refractivity contribution in [2.45, 2.75) is 32.1 Å². The summed E-state index contributed by atoms with van der Waals surface area (Å²) in [6.45, 7) is 2.13. The minimum absolute atomic E-state index is 0.0383. The van der Waals surface area contributed by atoms with Gasteiger partial charge in [-0.1, -0.05) is 25.1 Å². The normalized spacial score (nSPS) is 15.4. The third-order valence-electron chi connectivity index (χ3n) is 5.54. The van der Waals surface area contributed by atoms with Crippen molar-refractivity contribution in [3.8, 4) is 11.5 Å². The largest absolute Gasteiger partial charge is 0.493 e. The number of carbonyl (C=O) groups is 1. The van der Waals surface area contributed by atoms with E-state index in [9.17, 15) is 4.79 Å². The van der Waals surface area contributed by atoms with Gasteiger partial charge in [-0.2, -0.15) is 0 Å². The van der Waals surface area contributed by atoms with Crippen LogP contribution in [0.3, 0.4) is 0 Å². The van der Waals surface area contributed by atoms with E-state index in [1.165, 1.54) is 5.56 Å². The van der Waals surface area contributed by atoms with Gasteiger partial charge in [0.2, 0.25) is 5.95 Å². The van der Waals surface area contributed by atoms with Gasteiger partial charge >= 0.3 is 0 Å². The second kappa shape index (κ2) is 8.53. The summed E-state index contributed by atoms with van der Waals surface area (Å²) in [5.74, 6) is 1.94. The fourth-order valence-corrected chi connectivity index (χ4v) is 3.80. The third-order valence-corrected chi connectivity index (χ3v) is 5.54. The minimum atomic E-state index is 0.0383. The number of carbonyl (C=O) groups excluding carboxylic acids is 1. The van der Waals surface area contributed by atoms with E-state index in [2.05, 4.69) is 34.3 Å². The molecule has 0 saturated carbocycles. The second-order valence-electron chi connectivity index (χ2n) is 7.37. The first kappa shape index (κ1) is 19.9. The van der Waals surface area contributed by atoms with E-state index >= 15 is 0 Å². The molecule has 1 heterocycles. The quantitative estimate of drug-likeness (QED) is 0.642. The van der Waals surface area contributed by atoms with Crippen LogP contribution >= 0.6 is 0 Å². The van der Waals surface area contributed by atoms with Gasteiger partial charge in [0.25, 0.3) is 0 Å². The molecule has 1 N–H and O–H groups in total. The lowest BCUT2D eigenvalue weighted by Crippen LogP contribution is -2.21. The summed E-state index contributed by atoms with van der Waals surface area (Å²) in [7, 11) is 3.22. The predicted octanol–water partition coefficient (Wildman–Crippen LogP) is 4.71. The van der Waals surface area contributed by atoms with Crippen LogP contribution in [0.4, 0.5) is 11.6 Å². The lowest BCUT2D eigenvalue weighted by Gasteiger charge is -2.24. The Bertz CT molecular complexity index is 1060. The van der Waals surface area contributed by atoms with Crippen LogP contribution in [0, 0.1) is 0 Å². The Hall–Kier alpha value is -3.41. The van der Waals surface area contributed by atoms with Crippen LogP contribution in [-0.2, 0) is 12.8 Å². The van der Waals surface area contributed by atoms with E-state index in [1.54, 1.807) is 20.4 Å². The van der Waals surface area contributed by atoms with Crippen molar-refractivity contribution >= 4 is 17.4 Å². The number of fused-ring (bicyclic) bond motifs is 1. The first-order chi connectivity index (χ1) is 14.6. The maximum absolute atomic E-state index is 12.7. The van der Waals surface area contributed by atoms with Crippen LogP contribution in [0.15, 0.2) is 48.7 Å². The Kier molecular flexibility index (Phi) is 5.65. The lowest BCUT2D eigenvalue weighted by atomic mass is 9.82. The second-order valence-corrected chi connectivity index (χ2v) is 7.37. The molecule has 1 aliphatic carbocycles. The SMILES string of the molecule is CCc1ccc(Nc2ncc3c(n2)C[C@H](c2ccc(OC)c(OC)c2)CC3=O)cc1. The summed E-state index contributed by atoms with van der Waals surface area (Å²) in [6.07, 6.45) is 3.73. The number of rotatable bonds is 6. The predicted molar refractivity (Wildman–Crippen MR) is 116 cm³/mol. The van der Waals surface area contributed by atoms with Gasteiger partial charge in [0.15, 0.2) is 17.3 Å². The number of aromatic nitrogens is 2. The van der Waals surface area contributed by atoms with Crippen molar-refractivity contribution in [2.24, 2.45) is 0 Å². The molecule has 0 unspecified atom stereocenters. The molecule has 6 nitrogen and oxygen atoms in total. The molecule has 0 saturated heterocycles. The van der Waals surface area contributed by atoms with E-state index < -0.39 is 0 Å². The van der Waals surface area contributed by atoms with Crippen molar-refractivity contribution in [3.63, 3.8) is 0 Å². The fourth-order valence-electron chi connectivity index (χ4n) is 3.80. The van der Waals surface area contributed by atoms with Gasteiger partial charge in [-0.3, -0.25) is 4.79 Å². The third kappa shape index (κ3) is 3.99. The van der Waals surface area contributed by atoms with Crippen molar-refractivity contribution in [2.75, 3.05) is 19.5 Å². The van der Waals surface area contributed by atoms with Gasteiger partial charge in [-0.25, -0.2) is 9.97 Å². The van der Waals surface area contributed by atoms with Crippen LogP contribution in [-0.4, -0.2) is 30.0 Å². The monoisotopic (exact) mass is 403 g/mol. The number of Topliss-reactive ketones (excluding diaryl/α,β-unsaturated/α-hetero) is 1. The first-order valence-electron chi connectivity index (χ1n) is 10.1.